The van der Waals surface area contributed by atoms with Gasteiger partial charge in [0.1, 0.15) is 5.75 Å². The number of urea groups is 1. The second-order valence-electron chi connectivity index (χ2n) is 5.74. The molecule has 0 aromatic heterocycles. The normalized spacial score (nSPS) is 16.8. The summed E-state index contributed by atoms with van der Waals surface area (Å²) in [6.07, 6.45) is 2.41. The van der Waals surface area contributed by atoms with Crippen LogP contribution in [0.25, 0.3) is 0 Å². The van der Waals surface area contributed by atoms with Crippen LogP contribution in [-0.4, -0.2) is 51.3 Å². The van der Waals surface area contributed by atoms with Crippen LogP contribution in [0, 0.1) is 6.92 Å². The van der Waals surface area contributed by atoms with Gasteiger partial charge in [-0.1, -0.05) is 6.07 Å². The molecule has 0 radical (unpaired) electrons. The smallest absolute Gasteiger partial charge is 0.319 e. The van der Waals surface area contributed by atoms with Gasteiger partial charge in [-0.15, -0.1) is 0 Å². The van der Waals surface area contributed by atoms with E-state index in [9.17, 15) is 13.2 Å². The SMILES string of the molecule is COc1ccc(C)cc1NC(=O)NC1CCN(S(C)(=O)=O)CC1. The molecule has 0 spiro atoms. The molecule has 0 unspecified atom stereocenters. The number of sulfonamides is 1. The van der Waals surface area contributed by atoms with E-state index in [4.69, 9.17) is 4.74 Å². The fourth-order valence-corrected chi connectivity index (χ4v) is 3.47. The minimum Gasteiger partial charge on any atom is -0.495 e. The molecule has 0 saturated carbocycles. The van der Waals surface area contributed by atoms with E-state index in [1.54, 1.807) is 13.2 Å². The van der Waals surface area contributed by atoms with Crippen molar-refractivity contribution < 1.29 is 17.9 Å². The molecule has 128 valence electrons. The molecule has 1 aromatic carbocycles. The maximum absolute atomic E-state index is 12.1. The van der Waals surface area contributed by atoms with E-state index >= 15 is 0 Å². The van der Waals surface area contributed by atoms with Gasteiger partial charge < -0.3 is 15.4 Å². The first kappa shape index (κ1) is 17.6. The minimum absolute atomic E-state index is 0.0381. The first-order chi connectivity index (χ1) is 10.8. The molecule has 23 heavy (non-hydrogen) atoms. The molecule has 2 amide bonds. The largest absolute Gasteiger partial charge is 0.495 e. The highest BCUT2D eigenvalue weighted by Crippen LogP contribution is 2.25. The number of anilines is 1. The summed E-state index contributed by atoms with van der Waals surface area (Å²) < 4.78 is 29.6. The molecule has 0 atom stereocenters. The first-order valence-electron chi connectivity index (χ1n) is 7.47. The third-order valence-corrected chi connectivity index (χ3v) is 5.16. The average Bonchev–Trinajstić information content (AvgIpc) is 2.47. The Kier molecular flexibility index (Phi) is 5.48. The lowest BCUT2D eigenvalue weighted by Gasteiger charge is -2.30. The molecule has 0 bridgehead atoms. The van der Waals surface area contributed by atoms with Crippen LogP contribution in [-0.2, 0) is 10.0 Å². The Labute approximate surface area is 137 Å². The van der Waals surface area contributed by atoms with Gasteiger partial charge in [0.25, 0.3) is 0 Å². The Bertz CT molecular complexity index is 667. The molecule has 2 N–H and O–H groups in total. The van der Waals surface area contributed by atoms with Crippen LogP contribution in [0.15, 0.2) is 18.2 Å². The number of carbonyl (C=O) groups is 1. The minimum atomic E-state index is -3.15. The summed E-state index contributed by atoms with van der Waals surface area (Å²) in [6, 6.07) is 5.19. The number of methoxy groups -OCH3 is 1. The van der Waals surface area contributed by atoms with Crippen molar-refractivity contribution in [1.29, 1.82) is 0 Å². The highest BCUT2D eigenvalue weighted by atomic mass is 32.2. The molecule has 2 rings (SSSR count). The second-order valence-corrected chi connectivity index (χ2v) is 7.72. The fraction of sp³-hybridized carbons (Fsp3) is 0.533. The molecule has 1 aliphatic heterocycles. The Hall–Kier alpha value is -1.80. The lowest BCUT2D eigenvalue weighted by molar-refractivity contribution is 0.238. The number of benzene rings is 1. The van der Waals surface area contributed by atoms with E-state index in [2.05, 4.69) is 10.6 Å². The number of ether oxygens (including phenoxy) is 1. The summed E-state index contributed by atoms with van der Waals surface area (Å²) in [7, 11) is -1.60. The van der Waals surface area contributed by atoms with Crippen LogP contribution in [0.4, 0.5) is 10.5 Å². The molecular formula is C15H23N3O4S. The summed E-state index contributed by atoms with van der Waals surface area (Å²) in [5.41, 5.74) is 1.63. The number of piperidine rings is 1. The van der Waals surface area contributed by atoms with Crippen LogP contribution in [0.3, 0.4) is 0 Å². The van der Waals surface area contributed by atoms with Crippen LogP contribution in [0.5, 0.6) is 5.75 Å². The number of amides is 2. The van der Waals surface area contributed by atoms with Gasteiger partial charge in [-0.2, -0.15) is 0 Å². The number of carbonyl (C=O) groups excluding carboxylic acids is 1. The molecule has 1 saturated heterocycles. The van der Waals surface area contributed by atoms with Crippen molar-refractivity contribution >= 4 is 21.7 Å². The van der Waals surface area contributed by atoms with E-state index < -0.39 is 10.0 Å². The van der Waals surface area contributed by atoms with Gasteiger partial charge >= 0.3 is 6.03 Å². The molecule has 0 aliphatic carbocycles. The quantitative estimate of drug-likeness (QED) is 0.870. The summed E-state index contributed by atoms with van der Waals surface area (Å²) in [5, 5.41) is 5.67. The van der Waals surface area contributed by atoms with Crippen molar-refractivity contribution in [2.24, 2.45) is 0 Å². The lowest BCUT2D eigenvalue weighted by Crippen LogP contribution is -2.47. The number of hydrogen-bond donors (Lipinski definition) is 2. The van der Waals surface area contributed by atoms with Crippen LogP contribution in [0.2, 0.25) is 0 Å². The number of aryl methyl sites for hydroxylation is 1. The lowest BCUT2D eigenvalue weighted by atomic mass is 10.1. The standard InChI is InChI=1S/C15H23N3O4S/c1-11-4-5-14(22-2)13(10-11)17-15(19)16-12-6-8-18(9-7-12)23(3,20)21/h4-5,10,12H,6-9H2,1-3H3,(H2,16,17,19). The molecule has 1 fully saturated rings. The average molecular weight is 341 g/mol. The van der Waals surface area contributed by atoms with Crippen LogP contribution < -0.4 is 15.4 Å². The van der Waals surface area contributed by atoms with E-state index in [-0.39, 0.29) is 12.1 Å². The number of hydrogen-bond acceptors (Lipinski definition) is 4. The zero-order valence-corrected chi connectivity index (χ0v) is 14.4. The third-order valence-electron chi connectivity index (χ3n) is 3.86. The van der Waals surface area contributed by atoms with Gasteiger partial charge in [-0.25, -0.2) is 17.5 Å². The van der Waals surface area contributed by atoms with Gasteiger partial charge in [0.05, 0.1) is 19.1 Å². The summed E-state index contributed by atoms with van der Waals surface area (Å²) in [6.45, 7) is 2.79. The monoisotopic (exact) mass is 341 g/mol. The van der Waals surface area contributed by atoms with Gasteiger partial charge in [0.2, 0.25) is 10.0 Å². The molecule has 8 heteroatoms. The van der Waals surface area contributed by atoms with Crippen molar-refractivity contribution in [2.45, 2.75) is 25.8 Å². The van der Waals surface area contributed by atoms with Crippen molar-refractivity contribution in [3.8, 4) is 5.75 Å². The highest BCUT2D eigenvalue weighted by Gasteiger charge is 2.25. The van der Waals surface area contributed by atoms with Crippen molar-refractivity contribution in [3.63, 3.8) is 0 Å². The Balaban J connectivity index is 1.90. The summed E-state index contributed by atoms with van der Waals surface area (Å²) in [4.78, 5) is 12.1. The maximum Gasteiger partial charge on any atom is 0.319 e. The zero-order valence-electron chi connectivity index (χ0n) is 13.6. The molecule has 1 heterocycles. The Morgan fingerprint density at radius 3 is 2.52 bits per heavy atom. The van der Waals surface area contributed by atoms with Crippen LogP contribution >= 0.6 is 0 Å². The molecule has 1 aliphatic rings. The van der Waals surface area contributed by atoms with Gasteiger partial charge in [0, 0.05) is 19.1 Å². The fourth-order valence-electron chi connectivity index (χ4n) is 2.60. The Morgan fingerprint density at radius 1 is 1.30 bits per heavy atom. The van der Waals surface area contributed by atoms with E-state index in [1.807, 2.05) is 19.1 Å². The molecule has 7 nitrogen and oxygen atoms in total. The third kappa shape index (κ3) is 4.84. The molecule has 1 aromatic rings. The molecular weight excluding hydrogens is 318 g/mol. The van der Waals surface area contributed by atoms with Crippen molar-refractivity contribution in [3.05, 3.63) is 23.8 Å². The summed E-state index contributed by atoms with van der Waals surface area (Å²) >= 11 is 0. The van der Waals surface area contributed by atoms with Crippen molar-refractivity contribution in [1.82, 2.24) is 9.62 Å². The maximum atomic E-state index is 12.1. The predicted octanol–water partition coefficient (Wildman–Crippen LogP) is 1.55. The number of nitrogens with one attached hydrogen (secondary N) is 2. The van der Waals surface area contributed by atoms with E-state index in [0.29, 0.717) is 37.4 Å². The van der Waals surface area contributed by atoms with Gasteiger partial charge in [-0.05, 0) is 37.5 Å². The Morgan fingerprint density at radius 2 is 1.96 bits per heavy atom. The van der Waals surface area contributed by atoms with Gasteiger partial charge in [0.15, 0.2) is 0 Å². The van der Waals surface area contributed by atoms with Crippen molar-refractivity contribution in [2.75, 3.05) is 31.8 Å². The zero-order chi connectivity index (χ0) is 17.0. The predicted molar refractivity (Wildman–Crippen MR) is 89.3 cm³/mol. The number of nitrogens with zero attached hydrogens (tertiary/aromatic N) is 1. The highest BCUT2D eigenvalue weighted by molar-refractivity contribution is 7.88. The first-order valence-corrected chi connectivity index (χ1v) is 9.31. The topological polar surface area (TPSA) is 87.7 Å². The van der Waals surface area contributed by atoms with Gasteiger partial charge in [-0.3, -0.25) is 0 Å². The number of rotatable bonds is 4. The van der Waals surface area contributed by atoms with E-state index in [1.165, 1.54) is 10.6 Å². The van der Waals surface area contributed by atoms with E-state index in [0.717, 1.165) is 5.56 Å². The van der Waals surface area contributed by atoms with Crippen LogP contribution in [0.1, 0.15) is 18.4 Å². The second kappa shape index (κ2) is 7.18. The summed E-state index contributed by atoms with van der Waals surface area (Å²) in [5.74, 6) is 0.595.